The molecule has 1 amide bonds. The Bertz CT molecular complexity index is 1100. The minimum atomic E-state index is -4.61. The van der Waals surface area contributed by atoms with Crippen molar-refractivity contribution in [2.75, 3.05) is 11.1 Å². The molecule has 29 heavy (non-hydrogen) atoms. The van der Waals surface area contributed by atoms with Crippen LogP contribution in [-0.2, 0) is 13.2 Å². The lowest BCUT2D eigenvalue weighted by molar-refractivity contribution is -0.141. The summed E-state index contributed by atoms with van der Waals surface area (Å²) in [4.78, 5) is 12.3. The number of halogens is 5. The number of benzene rings is 2. The zero-order valence-corrected chi connectivity index (χ0v) is 15.2. The van der Waals surface area contributed by atoms with E-state index < -0.39 is 29.4 Å². The number of carbonyl (C=O) groups excluding carboxylic acids is 1. The van der Waals surface area contributed by atoms with Crippen molar-refractivity contribution in [3.05, 3.63) is 64.9 Å². The fourth-order valence-corrected chi connectivity index (χ4v) is 2.73. The molecule has 0 saturated carbocycles. The highest BCUT2D eigenvalue weighted by Gasteiger charge is 2.34. The van der Waals surface area contributed by atoms with E-state index in [4.69, 9.17) is 5.73 Å². The molecule has 5 nitrogen and oxygen atoms in total. The molecule has 0 aliphatic heterocycles. The van der Waals surface area contributed by atoms with Gasteiger partial charge in [-0.05, 0) is 42.8 Å². The summed E-state index contributed by atoms with van der Waals surface area (Å²) in [6.45, 7) is 1.38. The highest BCUT2D eigenvalue weighted by Crippen LogP contribution is 2.33. The molecule has 1 aromatic heterocycles. The number of anilines is 2. The van der Waals surface area contributed by atoms with Gasteiger partial charge < -0.3 is 11.1 Å². The van der Waals surface area contributed by atoms with Crippen LogP contribution in [0.3, 0.4) is 0 Å². The molecule has 0 radical (unpaired) electrons. The minimum absolute atomic E-state index is 0.0184. The van der Waals surface area contributed by atoms with Crippen LogP contribution < -0.4 is 11.1 Å². The SMILES string of the molecule is Cc1ccc(NC(=O)c2ccc(-c3cc(C(F)(F)F)nn3C)c(N)c2)c(F)c1F. The van der Waals surface area contributed by atoms with Crippen LogP contribution >= 0.6 is 0 Å². The average molecular weight is 410 g/mol. The van der Waals surface area contributed by atoms with E-state index in [1.54, 1.807) is 0 Å². The minimum Gasteiger partial charge on any atom is -0.398 e. The number of hydrogen-bond acceptors (Lipinski definition) is 3. The fourth-order valence-electron chi connectivity index (χ4n) is 2.73. The van der Waals surface area contributed by atoms with Crippen molar-refractivity contribution < 1.29 is 26.7 Å². The maximum absolute atomic E-state index is 13.9. The molecular weight excluding hydrogens is 395 g/mol. The number of carbonyl (C=O) groups is 1. The van der Waals surface area contributed by atoms with Crippen molar-refractivity contribution in [3.8, 4) is 11.3 Å². The van der Waals surface area contributed by atoms with Gasteiger partial charge >= 0.3 is 6.18 Å². The predicted octanol–water partition coefficient (Wildman–Crippen LogP) is 4.53. The lowest BCUT2D eigenvalue weighted by atomic mass is 10.1. The zero-order valence-electron chi connectivity index (χ0n) is 15.2. The molecule has 0 saturated heterocycles. The lowest BCUT2D eigenvalue weighted by Gasteiger charge is -2.11. The molecule has 2 aromatic carbocycles. The van der Waals surface area contributed by atoms with E-state index in [2.05, 4.69) is 10.4 Å². The van der Waals surface area contributed by atoms with Crippen molar-refractivity contribution in [2.45, 2.75) is 13.1 Å². The molecule has 3 aromatic rings. The Kier molecular flexibility index (Phi) is 5.04. The smallest absolute Gasteiger partial charge is 0.398 e. The lowest BCUT2D eigenvalue weighted by Crippen LogP contribution is -2.14. The normalized spacial score (nSPS) is 11.6. The number of hydrogen-bond donors (Lipinski definition) is 2. The molecule has 1 heterocycles. The molecular formula is C19H15F5N4O. The molecule has 0 aliphatic rings. The van der Waals surface area contributed by atoms with E-state index >= 15 is 0 Å². The molecule has 3 N–H and O–H groups in total. The molecule has 0 spiro atoms. The monoisotopic (exact) mass is 410 g/mol. The van der Waals surface area contributed by atoms with E-state index in [0.717, 1.165) is 10.7 Å². The summed E-state index contributed by atoms with van der Waals surface area (Å²) in [6.07, 6.45) is -4.61. The number of amides is 1. The highest BCUT2D eigenvalue weighted by molar-refractivity contribution is 6.05. The predicted molar refractivity (Wildman–Crippen MR) is 97.1 cm³/mol. The van der Waals surface area contributed by atoms with Gasteiger partial charge in [-0.2, -0.15) is 18.3 Å². The first-order chi connectivity index (χ1) is 13.5. The zero-order chi connectivity index (χ0) is 21.5. The van der Waals surface area contributed by atoms with Crippen molar-refractivity contribution in [1.82, 2.24) is 9.78 Å². The molecule has 0 atom stereocenters. The fraction of sp³-hybridized carbons (Fsp3) is 0.158. The van der Waals surface area contributed by atoms with Gasteiger partial charge in [0.2, 0.25) is 0 Å². The third kappa shape index (κ3) is 3.91. The number of nitrogens with one attached hydrogen (secondary N) is 1. The molecule has 3 rings (SSSR count). The van der Waals surface area contributed by atoms with E-state index in [1.807, 2.05) is 0 Å². The van der Waals surface area contributed by atoms with Gasteiger partial charge in [-0.15, -0.1) is 0 Å². The Morgan fingerprint density at radius 2 is 1.79 bits per heavy atom. The second kappa shape index (κ2) is 7.19. The molecule has 0 unspecified atom stereocenters. The summed E-state index contributed by atoms with van der Waals surface area (Å²) in [5, 5.41) is 5.66. The third-order valence-electron chi connectivity index (χ3n) is 4.28. The highest BCUT2D eigenvalue weighted by atomic mass is 19.4. The first-order valence-corrected chi connectivity index (χ1v) is 8.26. The summed E-state index contributed by atoms with van der Waals surface area (Å²) >= 11 is 0. The van der Waals surface area contributed by atoms with Crippen LogP contribution in [0, 0.1) is 18.6 Å². The van der Waals surface area contributed by atoms with Crippen molar-refractivity contribution in [3.63, 3.8) is 0 Å². The molecule has 0 aliphatic carbocycles. The molecule has 10 heteroatoms. The first kappa shape index (κ1) is 20.3. The van der Waals surface area contributed by atoms with Gasteiger partial charge in [0.1, 0.15) is 0 Å². The van der Waals surface area contributed by atoms with Gasteiger partial charge in [0, 0.05) is 23.9 Å². The summed E-state index contributed by atoms with van der Waals surface area (Å²) < 4.78 is 67.1. The maximum Gasteiger partial charge on any atom is 0.435 e. The maximum atomic E-state index is 13.9. The quantitative estimate of drug-likeness (QED) is 0.492. The number of aromatic nitrogens is 2. The largest absolute Gasteiger partial charge is 0.435 e. The number of nitrogen functional groups attached to an aromatic ring is 1. The number of aryl methyl sites for hydroxylation is 2. The van der Waals surface area contributed by atoms with Crippen LogP contribution in [0.2, 0.25) is 0 Å². The van der Waals surface area contributed by atoms with Gasteiger partial charge in [-0.1, -0.05) is 6.07 Å². The van der Waals surface area contributed by atoms with Gasteiger partial charge in [0.15, 0.2) is 17.3 Å². The van der Waals surface area contributed by atoms with Crippen molar-refractivity contribution >= 4 is 17.3 Å². The van der Waals surface area contributed by atoms with Crippen molar-refractivity contribution in [1.29, 1.82) is 0 Å². The van der Waals surface area contributed by atoms with Crippen LogP contribution in [0.15, 0.2) is 36.4 Å². The van der Waals surface area contributed by atoms with E-state index in [-0.39, 0.29) is 33.8 Å². The molecule has 0 bridgehead atoms. The van der Waals surface area contributed by atoms with Crippen LogP contribution in [0.5, 0.6) is 0 Å². The Balaban J connectivity index is 1.89. The average Bonchev–Trinajstić information content (AvgIpc) is 3.04. The van der Waals surface area contributed by atoms with Crippen LogP contribution in [-0.4, -0.2) is 15.7 Å². The Morgan fingerprint density at radius 3 is 2.38 bits per heavy atom. The van der Waals surface area contributed by atoms with E-state index in [0.29, 0.717) is 0 Å². The number of rotatable bonds is 3. The van der Waals surface area contributed by atoms with Crippen LogP contribution in [0.4, 0.5) is 33.3 Å². The molecule has 152 valence electrons. The van der Waals surface area contributed by atoms with E-state index in [9.17, 15) is 26.7 Å². The number of alkyl halides is 3. The first-order valence-electron chi connectivity index (χ1n) is 8.26. The topological polar surface area (TPSA) is 72.9 Å². The van der Waals surface area contributed by atoms with Gasteiger partial charge in [0.05, 0.1) is 11.4 Å². The second-order valence-electron chi connectivity index (χ2n) is 6.35. The van der Waals surface area contributed by atoms with Crippen LogP contribution in [0.25, 0.3) is 11.3 Å². The van der Waals surface area contributed by atoms with Crippen molar-refractivity contribution in [2.24, 2.45) is 7.05 Å². The van der Waals surface area contributed by atoms with Gasteiger partial charge in [0.25, 0.3) is 5.91 Å². The van der Waals surface area contributed by atoms with Crippen LogP contribution in [0.1, 0.15) is 21.6 Å². The summed E-state index contributed by atoms with van der Waals surface area (Å²) in [5.74, 6) is -3.03. The van der Waals surface area contributed by atoms with Gasteiger partial charge in [-0.3, -0.25) is 9.48 Å². The third-order valence-corrected chi connectivity index (χ3v) is 4.28. The van der Waals surface area contributed by atoms with Gasteiger partial charge in [-0.25, -0.2) is 8.78 Å². The Morgan fingerprint density at radius 1 is 1.10 bits per heavy atom. The second-order valence-corrected chi connectivity index (χ2v) is 6.35. The summed E-state index contributed by atoms with van der Waals surface area (Å²) in [5.41, 5.74) is 4.95. The number of nitrogens with zero attached hydrogens (tertiary/aromatic N) is 2. The summed E-state index contributed by atoms with van der Waals surface area (Å²) in [7, 11) is 1.33. The standard InChI is InChI=1S/C19H15F5N4O/c1-9-3-6-13(17(21)16(9)20)26-18(29)10-4-5-11(12(25)7-10)14-8-15(19(22,23)24)27-28(14)2/h3-8H,25H2,1-2H3,(H,26,29). The Hall–Kier alpha value is -3.43. The Labute approximate surface area is 161 Å². The summed E-state index contributed by atoms with van der Waals surface area (Å²) in [6, 6.07) is 7.27. The van der Waals surface area contributed by atoms with E-state index in [1.165, 1.54) is 44.3 Å². The number of nitrogens with two attached hydrogens (primary N) is 1. The molecule has 0 fully saturated rings.